The first-order chi connectivity index (χ1) is 8.47. The number of pyridine rings is 1. The fraction of sp³-hybridized carbons (Fsp3) is 0.214. The van der Waals surface area contributed by atoms with E-state index in [-0.39, 0.29) is 0 Å². The third kappa shape index (κ3) is 2.57. The van der Waals surface area contributed by atoms with Crippen molar-refractivity contribution in [2.24, 2.45) is 0 Å². The average molecular weight is 262 g/mol. The number of nitrogens with zero attached hydrogens (tertiary/aromatic N) is 2. The third-order valence-corrected chi connectivity index (χ3v) is 3.03. The molecule has 0 fully saturated rings. The molecule has 0 spiro atoms. The molecule has 0 atom stereocenters. The van der Waals surface area contributed by atoms with E-state index in [1.54, 1.807) is 12.3 Å². The molecule has 2 rings (SSSR count). The van der Waals surface area contributed by atoms with Gasteiger partial charge in [-0.15, -0.1) is 0 Å². The van der Waals surface area contributed by atoms with Gasteiger partial charge in [0.2, 0.25) is 0 Å². The van der Waals surface area contributed by atoms with Crippen LogP contribution < -0.4 is 10.6 Å². The summed E-state index contributed by atoms with van der Waals surface area (Å²) in [6.07, 6.45) is 1.61. The number of anilines is 3. The van der Waals surface area contributed by atoms with Crippen LogP contribution in [0.4, 0.5) is 17.2 Å². The van der Waals surface area contributed by atoms with Gasteiger partial charge in [-0.25, -0.2) is 4.98 Å². The summed E-state index contributed by atoms with van der Waals surface area (Å²) in [7, 11) is 1.94. The maximum Gasteiger partial charge on any atom is 0.151 e. The minimum atomic E-state index is 0.552. The van der Waals surface area contributed by atoms with Crippen molar-refractivity contribution in [1.82, 2.24) is 4.98 Å². The summed E-state index contributed by atoms with van der Waals surface area (Å²) in [5.41, 5.74) is 9.70. The Labute approximate surface area is 112 Å². The molecule has 1 aromatic heterocycles. The Kier molecular flexibility index (Phi) is 3.43. The second-order valence-corrected chi connectivity index (χ2v) is 4.89. The van der Waals surface area contributed by atoms with Crippen LogP contribution in [-0.4, -0.2) is 12.0 Å². The highest BCUT2D eigenvalue weighted by atomic mass is 35.5. The van der Waals surface area contributed by atoms with E-state index in [1.165, 1.54) is 11.1 Å². The van der Waals surface area contributed by atoms with Crippen LogP contribution in [0.3, 0.4) is 0 Å². The Morgan fingerprint density at radius 1 is 1.11 bits per heavy atom. The lowest BCUT2D eigenvalue weighted by molar-refractivity contribution is 1.12. The first-order valence-corrected chi connectivity index (χ1v) is 6.08. The van der Waals surface area contributed by atoms with Gasteiger partial charge in [-0.05, 0) is 43.2 Å². The molecule has 0 aliphatic carbocycles. The molecule has 0 bridgehead atoms. The van der Waals surface area contributed by atoms with Crippen molar-refractivity contribution in [3.63, 3.8) is 0 Å². The molecule has 0 aliphatic rings. The molecule has 0 unspecified atom stereocenters. The van der Waals surface area contributed by atoms with Gasteiger partial charge in [-0.3, -0.25) is 0 Å². The van der Waals surface area contributed by atoms with Crippen molar-refractivity contribution in [3.8, 4) is 0 Å². The number of benzene rings is 1. The highest BCUT2D eigenvalue weighted by Gasteiger charge is 2.10. The number of hydrogen-bond acceptors (Lipinski definition) is 3. The Morgan fingerprint density at radius 2 is 1.72 bits per heavy atom. The van der Waals surface area contributed by atoms with E-state index >= 15 is 0 Å². The summed E-state index contributed by atoms with van der Waals surface area (Å²) in [6.45, 7) is 4.14. The molecule has 2 N–H and O–H groups in total. The van der Waals surface area contributed by atoms with Gasteiger partial charge in [0.15, 0.2) is 5.82 Å². The van der Waals surface area contributed by atoms with Gasteiger partial charge in [0.05, 0.1) is 16.9 Å². The Bertz CT molecular complexity index is 561. The lowest BCUT2D eigenvalue weighted by Gasteiger charge is -2.20. The summed E-state index contributed by atoms with van der Waals surface area (Å²) in [5.74, 6) is 0.705. The normalized spacial score (nSPS) is 10.4. The predicted octanol–water partition coefficient (Wildman–Crippen LogP) is 3.70. The number of aromatic nitrogens is 1. The number of nitrogens with two attached hydrogens (primary N) is 1. The number of halogens is 1. The molecule has 1 aromatic carbocycles. The average Bonchev–Trinajstić information content (AvgIpc) is 2.26. The highest BCUT2D eigenvalue weighted by Crippen LogP contribution is 2.30. The van der Waals surface area contributed by atoms with Crippen LogP contribution in [0.1, 0.15) is 11.1 Å². The molecule has 18 heavy (non-hydrogen) atoms. The zero-order valence-corrected chi connectivity index (χ0v) is 11.5. The second kappa shape index (κ2) is 4.86. The van der Waals surface area contributed by atoms with Gasteiger partial charge in [-0.1, -0.05) is 17.7 Å². The molecular formula is C14H16ClN3. The van der Waals surface area contributed by atoms with Gasteiger partial charge in [-0.2, -0.15) is 0 Å². The molecule has 94 valence electrons. The van der Waals surface area contributed by atoms with Crippen LogP contribution in [0.5, 0.6) is 0 Å². The smallest absolute Gasteiger partial charge is 0.151 e. The fourth-order valence-electron chi connectivity index (χ4n) is 1.96. The summed E-state index contributed by atoms with van der Waals surface area (Å²) in [4.78, 5) is 6.24. The minimum absolute atomic E-state index is 0.552. The SMILES string of the molecule is Cc1cc(C)cc(N(C)c2ncc(N)cc2Cl)c1. The maximum atomic E-state index is 6.17. The van der Waals surface area contributed by atoms with Gasteiger partial charge in [0.25, 0.3) is 0 Å². The molecule has 3 nitrogen and oxygen atoms in total. The van der Waals surface area contributed by atoms with Crippen LogP contribution in [0.15, 0.2) is 30.5 Å². The van der Waals surface area contributed by atoms with E-state index < -0.39 is 0 Å². The molecule has 1 heterocycles. The molecule has 0 amide bonds. The molecule has 2 aromatic rings. The van der Waals surface area contributed by atoms with Gasteiger partial charge in [0.1, 0.15) is 0 Å². The quantitative estimate of drug-likeness (QED) is 0.896. The van der Waals surface area contributed by atoms with Gasteiger partial charge >= 0.3 is 0 Å². The first-order valence-electron chi connectivity index (χ1n) is 5.70. The van der Waals surface area contributed by atoms with Crippen molar-refractivity contribution in [3.05, 3.63) is 46.6 Å². The maximum absolute atomic E-state index is 6.17. The Hall–Kier alpha value is -1.74. The summed E-state index contributed by atoms with van der Waals surface area (Å²) in [6, 6.07) is 8.04. The predicted molar refractivity (Wildman–Crippen MR) is 77.6 cm³/mol. The standard InChI is InChI=1S/C14H16ClN3/c1-9-4-10(2)6-12(5-9)18(3)14-13(15)7-11(16)8-17-14/h4-8H,16H2,1-3H3. The zero-order valence-electron chi connectivity index (χ0n) is 10.7. The van der Waals surface area contributed by atoms with Gasteiger partial charge < -0.3 is 10.6 Å². The molecular weight excluding hydrogens is 246 g/mol. The number of rotatable bonds is 2. The summed E-state index contributed by atoms with van der Waals surface area (Å²) >= 11 is 6.17. The molecule has 0 saturated carbocycles. The van der Waals surface area contributed by atoms with Crippen molar-refractivity contribution < 1.29 is 0 Å². The Morgan fingerprint density at radius 3 is 2.28 bits per heavy atom. The van der Waals surface area contributed by atoms with E-state index in [9.17, 15) is 0 Å². The summed E-state index contributed by atoms with van der Waals surface area (Å²) < 4.78 is 0. The highest BCUT2D eigenvalue weighted by molar-refractivity contribution is 6.33. The second-order valence-electron chi connectivity index (χ2n) is 4.48. The number of aryl methyl sites for hydroxylation is 2. The Balaban J connectivity index is 2.44. The van der Waals surface area contributed by atoms with Crippen molar-refractivity contribution in [1.29, 1.82) is 0 Å². The number of nitrogen functional groups attached to an aromatic ring is 1. The van der Waals surface area contributed by atoms with Crippen molar-refractivity contribution >= 4 is 28.8 Å². The molecule has 0 aliphatic heterocycles. The monoisotopic (exact) mass is 261 g/mol. The largest absolute Gasteiger partial charge is 0.397 e. The molecule has 4 heteroatoms. The lowest BCUT2D eigenvalue weighted by Crippen LogP contribution is -2.12. The minimum Gasteiger partial charge on any atom is -0.397 e. The van der Waals surface area contributed by atoms with Crippen molar-refractivity contribution in [2.45, 2.75) is 13.8 Å². The zero-order chi connectivity index (χ0) is 13.3. The van der Waals surface area contributed by atoms with Crippen LogP contribution in [0.25, 0.3) is 0 Å². The van der Waals surface area contributed by atoms with Crippen LogP contribution >= 0.6 is 11.6 Å². The summed E-state index contributed by atoms with van der Waals surface area (Å²) in [5, 5.41) is 0.552. The first kappa shape index (κ1) is 12.7. The van der Waals surface area contributed by atoms with E-state index in [0.717, 1.165) is 5.69 Å². The van der Waals surface area contributed by atoms with E-state index in [1.807, 2.05) is 11.9 Å². The topological polar surface area (TPSA) is 42.2 Å². The van der Waals surface area contributed by atoms with Crippen molar-refractivity contribution in [2.75, 3.05) is 17.7 Å². The lowest BCUT2D eigenvalue weighted by atomic mass is 10.1. The number of hydrogen-bond donors (Lipinski definition) is 1. The van der Waals surface area contributed by atoms with E-state index in [2.05, 4.69) is 37.0 Å². The third-order valence-electron chi connectivity index (χ3n) is 2.75. The van der Waals surface area contributed by atoms with Crippen LogP contribution in [0.2, 0.25) is 5.02 Å². The molecule has 0 saturated heterocycles. The van der Waals surface area contributed by atoms with Gasteiger partial charge in [0, 0.05) is 12.7 Å². The van der Waals surface area contributed by atoms with E-state index in [0.29, 0.717) is 16.5 Å². The fourth-order valence-corrected chi connectivity index (χ4v) is 2.26. The van der Waals surface area contributed by atoms with E-state index in [4.69, 9.17) is 17.3 Å². The van der Waals surface area contributed by atoms with Crippen LogP contribution in [0, 0.1) is 13.8 Å². The molecule has 0 radical (unpaired) electrons. The van der Waals surface area contributed by atoms with Crippen LogP contribution in [-0.2, 0) is 0 Å².